The Hall–Kier alpha value is -0.350. The summed E-state index contributed by atoms with van der Waals surface area (Å²) in [4.78, 5) is 10.8. The lowest BCUT2D eigenvalue weighted by atomic mass is 10.2. The predicted octanol–water partition coefficient (Wildman–Crippen LogP) is 3.30. The van der Waals surface area contributed by atoms with Gasteiger partial charge in [-0.1, -0.05) is 31.9 Å². The van der Waals surface area contributed by atoms with Crippen LogP contribution in [0.4, 0.5) is 5.69 Å². The maximum absolute atomic E-state index is 10.8. The zero-order chi connectivity index (χ0) is 9.84. The smallest absolute Gasteiger partial charge is 0.221 e. The minimum atomic E-state index is -0.0514. The topological polar surface area (TPSA) is 29.1 Å². The summed E-state index contributed by atoms with van der Waals surface area (Å²) in [5, 5.41) is 3.49. The first kappa shape index (κ1) is 10.7. The van der Waals surface area contributed by atoms with Gasteiger partial charge in [0.15, 0.2) is 0 Å². The van der Waals surface area contributed by atoms with Crippen molar-refractivity contribution in [2.24, 2.45) is 0 Å². The van der Waals surface area contributed by atoms with Gasteiger partial charge >= 0.3 is 0 Å². The predicted molar refractivity (Wildman–Crippen MR) is 61.1 cm³/mol. The molecule has 1 rings (SSSR count). The Morgan fingerprint density at radius 3 is 2.77 bits per heavy atom. The molecular weight excluding hydrogens is 298 g/mol. The molecule has 0 atom stereocenters. The second-order valence-corrected chi connectivity index (χ2v) is 4.09. The van der Waals surface area contributed by atoms with Gasteiger partial charge in [0, 0.05) is 22.4 Å². The first-order valence-electron chi connectivity index (χ1n) is 3.75. The van der Waals surface area contributed by atoms with Gasteiger partial charge < -0.3 is 5.32 Å². The lowest BCUT2D eigenvalue weighted by molar-refractivity contribution is -0.114. The summed E-state index contributed by atoms with van der Waals surface area (Å²) < 4.78 is 1.01. The van der Waals surface area contributed by atoms with Crippen LogP contribution < -0.4 is 5.32 Å². The fourth-order valence-corrected chi connectivity index (χ4v) is 1.86. The molecule has 0 heterocycles. The van der Waals surface area contributed by atoms with E-state index in [1.54, 1.807) is 0 Å². The third-order valence-corrected chi connectivity index (χ3v) is 2.62. The Kier molecular flexibility index (Phi) is 3.93. The van der Waals surface area contributed by atoms with E-state index < -0.39 is 0 Å². The number of halogens is 2. The molecule has 0 saturated carbocycles. The van der Waals surface area contributed by atoms with E-state index in [-0.39, 0.29) is 5.91 Å². The molecule has 0 radical (unpaired) electrons. The number of carbonyl (C=O) groups excluding carboxylic acids is 1. The van der Waals surface area contributed by atoms with E-state index in [1.165, 1.54) is 6.92 Å². The van der Waals surface area contributed by atoms with Gasteiger partial charge in [0.25, 0.3) is 0 Å². The average molecular weight is 307 g/mol. The highest BCUT2D eigenvalue weighted by Crippen LogP contribution is 2.22. The first-order chi connectivity index (χ1) is 6.13. The molecule has 1 amide bonds. The van der Waals surface area contributed by atoms with Crippen LogP contribution in [0.25, 0.3) is 0 Å². The number of carbonyl (C=O) groups is 1. The molecule has 2 nitrogen and oxygen atoms in total. The molecule has 1 aromatic carbocycles. The van der Waals surface area contributed by atoms with Crippen molar-refractivity contribution in [3.05, 3.63) is 28.2 Å². The third-order valence-electron chi connectivity index (χ3n) is 1.52. The van der Waals surface area contributed by atoms with Crippen LogP contribution in [0.1, 0.15) is 12.5 Å². The lowest BCUT2D eigenvalue weighted by Crippen LogP contribution is -2.07. The van der Waals surface area contributed by atoms with Crippen LogP contribution in [0.5, 0.6) is 0 Å². The van der Waals surface area contributed by atoms with Crippen molar-refractivity contribution in [3.8, 4) is 0 Å². The third kappa shape index (κ3) is 3.12. The maximum atomic E-state index is 10.8. The summed E-state index contributed by atoms with van der Waals surface area (Å²) in [6.45, 7) is 1.50. The number of anilines is 1. The Morgan fingerprint density at radius 2 is 2.23 bits per heavy atom. The van der Waals surface area contributed by atoms with Crippen LogP contribution in [0, 0.1) is 0 Å². The number of amides is 1. The highest BCUT2D eigenvalue weighted by atomic mass is 79.9. The van der Waals surface area contributed by atoms with Gasteiger partial charge in [-0.3, -0.25) is 4.79 Å². The number of benzene rings is 1. The highest BCUT2D eigenvalue weighted by Gasteiger charge is 2.02. The van der Waals surface area contributed by atoms with E-state index in [4.69, 9.17) is 0 Å². The number of alkyl halides is 1. The zero-order valence-electron chi connectivity index (χ0n) is 7.10. The van der Waals surface area contributed by atoms with E-state index in [0.29, 0.717) is 0 Å². The monoisotopic (exact) mass is 305 g/mol. The number of hydrogen-bond acceptors (Lipinski definition) is 1. The number of rotatable bonds is 2. The van der Waals surface area contributed by atoms with Gasteiger partial charge in [-0.2, -0.15) is 0 Å². The van der Waals surface area contributed by atoms with Crippen molar-refractivity contribution in [1.82, 2.24) is 0 Å². The molecule has 1 N–H and O–H groups in total. The van der Waals surface area contributed by atoms with Gasteiger partial charge in [0.05, 0.1) is 0 Å². The van der Waals surface area contributed by atoms with E-state index in [1.807, 2.05) is 18.2 Å². The molecule has 70 valence electrons. The largest absolute Gasteiger partial charge is 0.326 e. The summed E-state index contributed by atoms with van der Waals surface area (Å²) in [6.07, 6.45) is 0. The SMILES string of the molecule is CC(=O)Nc1ccc(Br)cc1CBr. The fourth-order valence-electron chi connectivity index (χ4n) is 0.984. The summed E-state index contributed by atoms with van der Waals surface area (Å²) in [6, 6.07) is 5.75. The van der Waals surface area contributed by atoms with Crippen molar-refractivity contribution in [3.63, 3.8) is 0 Å². The Balaban J connectivity index is 2.99. The van der Waals surface area contributed by atoms with Crippen LogP contribution in [-0.4, -0.2) is 5.91 Å². The van der Waals surface area contributed by atoms with Crippen LogP contribution >= 0.6 is 31.9 Å². The molecular formula is C9H9Br2NO. The maximum Gasteiger partial charge on any atom is 0.221 e. The molecule has 0 aliphatic heterocycles. The average Bonchev–Trinajstić information content (AvgIpc) is 2.07. The normalized spacial score (nSPS) is 9.77. The van der Waals surface area contributed by atoms with Gasteiger partial charge in [0.2, 0.25) is 5.91 Å². The van der Waals surface area contributed by atoms with Crippen LogP contribution in [-0.2, 0) is 10.1 Å². The van der Waals surface area contributed by atoms with Crippen molar-refractivity contribution in [2.45, 2.75) is 12.3 Å². The van der Waals surface area contributed by atoms with Crippen LogP contribution in [0.15, 0.2) is 22.7 Å². The Labute approximate surface area is 94.0 Å². The Bertz CT molecular complexity index is 325. The molecule has 1 aromatic rings. The molecule has 0 aliphatic rings. The molecule has 0 fully saturated rings. The molecule has 4 heteroatoms. The summed E-state index contributed by atoms with van der Waals surface area (Å²) in [5.41, 5.74) is 1.91. The number of nitrogens with one attached hydrogen (secondary N) is 1. The van der Waals surface area contributed by atoms with Gasteiger partial charge in [0.1, 0.15) is 0 Å². The molecule has 0 aromatic heterocycles. The van der Waals surface area contributed by atoms with Crippen molar-refractivity contribution < 1.29 is 4.79 Å². The highest BCUT2D eigenvalue weighted by molar-refractivity contribution is 9.10. The summed E-state index contributed by atoms with van der Waals surface area (Å²) in [5.74, 6) is -0.0514. The number of hydrogen-bond donors (Lipinski definition) is 1. The standard InChI is InChI=1S/C9H9Br2NO/c1-6(13)12-9-3-2-8(11)4-7(9)5-10/h2-4H,5H2,1H3,(H,12,13). The van der Waals surface area contributed by atoms with Gasteiger partial charge in [-0.05, 0) is 23.8 Å². The molecule has 13 heavy (non-hydrogen) atoms. The minimum absolute atomic E-state index is 0.0514. The lowest BCUT2D eigenvalue weighted by Gasteiger charge is -2.07. The van der Waals surface area contributed by atoms with Gasteiger partial charge in [-0.15, -0.1) is 0 Å². The van der Waals surface area contributed by atoms with Gasteiger partial charge in [-0.25, -0.2) is 0 Å². The van der Waals surface area contributed by atoms with Crippen molar-refractivity contribution in [1.29, 1.82) is 0 Å². The summed E-state index contributed by atoms with van der Waals surface area (Å²) in [7, 11) is 0. The fraction of sp³-hybridized carbons (Fsp3) is 0.222. The van der Waals surface area contributed by atoms with E-state index >= 15 is 0 Å². The second kappa shape index (κ2) is 4.77. The van der Waals surface area contributed by atoms with Crippen molar-refractivity contribution >= 4 is 43.5 Å². The molecule has 0 aliphatic carbocycles. The molecule has 0 spiro atoms. The molecule has 0 saturated heterocycles. The quantitative estimate of drug-likeness (QED) is 0.835. The van der Waals surface area contributed by atoms with Crippen LogP contribution in [0.2, 0.25) is 0 Å². The molecule has 0 bridgehead atoms. The van der Waals surface area contributed by atoms with E-state index in [2.05, 4.69) is 37.2 Å². The Morgan fingerprint density at radius 1 is 1.54 bits per heavy atom. The summed E-state index contributed by atoms with van der Waals surface area (Å²) >= 11 is 6.73. The van der Waals surface area contributed by atoms with E-state index in [9.17, 15) is 4.79 Å². The minimum Gasteiger partial charge on any atom is -0.326 e. The van der Waals surface area contributed by atoms with Crippen LogP contribution in [0.3, 0.4) is 0 Å². The molecule has 0 unspecified atom stereocenters. The first-order valence-corrected chi connectivity index (χ1v) is 5.67. The second-order valence-electron chi connectivity index (χ2n) is 2.62. The van der Waals surface area contributed by atoms with E-state index in [0.717, 1.165) is 21.1 Å². The zero-order valence-corrected chi connectivity index (χ0v) is 10.3. The van der Waals surface area contributed by atoms with Crippen molar-refractivity contribution in [2.75, 3.05) is 5.32 Å².